The second-order valence-corrected chi connectivity index (χ2v) is 4.98. The number of aliphatic hydroxyl groups is 1. The minimum absolute atomic E-state index is 0. The van der Waals surface area contributed by atoms with Gasteiger partial charge < -0.3 is 15.0 Å². The van der Waals surface area contributed by atoms with Crippen molar-refractivity contribution in [2.45, 2.75) is 25.0 Å². The molecule has 1 aliphatic rings. The van der Waals surface area contributed by atoms with Crippen LogP contribution in [0.1, 0.15) is 12.0 Å². The number of β-amino-alcohol motifs (C(OH)–C–C–N with tert-alkyl or cyclic N) is 1. The number of aliphatic hydroxyl groups excluding tert-OH is 1. The van der Waals surface area contributed by atoms with Crippen molar-refractivity contribution in [1.82, 2.24) is 4.90 Å². The molecule has 21 heavy (non-hydrogen) atoms. The summed E-state index contributed by atoms with van der Waals surface area (Å²) in [4.78, 5) is 12.7. The SMILES string of the molecule is O=C([O-])C1CC=CCN1CC(O)Cc1cccc(F)c1.[K+]. The number of carbonyl (C=O) groups is 1. The van der Waals surface area contributed by atoms with Gasteiger partial charge in [-0.05, 0) is 30.5 Å². The summed E-state index contributed by atoms with van der Waals surface area (Å²) >= 11 is 0. The molecular formula is C15H17FKNO3. The number of hydrogen-bond acceptors (Lipinski definition) is 4. The van der Waals surface area contributed by atoms with Crippen molar-refractivity contribution >= 4 is 5.97 Å². The second kappa shape index (κ2) is 9.14. The molecule has 0 aliphatic carbocycles. The number of carbonyl (C=O) groups excluding carboxylic acids is 1. The van der Waals surface area contributed by atoms with Crippen molar-refractivity contribution in [1.29, 1.82) is 0 Å². The van der Waals surface area contributed by atoms with Crippen molar-refractivity contribution in [3.05, 3.63) is 47.8 Å². The van der Waals surface area contributed by atoms with Crippen molar-refractivity contribution in [2.75, 3.05) is 13.1 Å². The van der Waals surface area contributed by atoms with E-state index in [1.54, 1.807) is 23.1 Å². The molecule has 0 aromatic heterocycles. The predicted octanol–water partition coefficient (Wildman–Crippen LogP) is -2.89. The van der Waals surface area contributed by atoms with Gasteiger partial charge in [0, 0.05) is 13.1 Å². The molecule has 108 valence electrons. The van der Waals surface area contributed by atoms with Crippen LogP contribution >= 0.6 is 0 Å². The summed E-state index contributed by atoms with van der Waals surface area (Å²) in [5.41, 5.74) is 0.690. The number of carboxylic acids is 1. The third-order valence-corrected chi connectivity index (χ3v) is 3.38. The number of hydrogen-bond donors (Lipinski definition) is 1. The zero-order chi connectivity index (χ0) is 14.5. The maximum Gasteiger partial charge on any atom is 1.00 e. The fourth-order valence-corrected chi connectivity index (χ4v) is 2.43. The van der Waals surface area contributed by atoms with Crippen LogP contribution in [0.5, 0.6) is 0 Å². The summed E-state index contributed by atoms with van der Waals surface area (Å²) in [6.07, 6.45) is 3.60. The Balaban J connectivity index is 0.00000220. The van der Waals surface area contributed by atoms with E-state index < -0.39 is 18.1 Å². The van der Waals surface area contributed by atoms with Gasteiger partial charge in [-0.3, -0.25) is 4.90 Å². The first-order chi connectivity index (χ1) is 9.56. The summed E-state index contributed by atoms with van der Waals surface area (Å²) in [6, 6.07) is 5.33. The molecule has 6 heteroatoms. The molecule has 0 spiro atoms. The van der Waals surface area contributed by atoms with Gasteiger partial charge in [-0.25, -0.2) is 4.39 Å². The van der Waals surface area contributed by atoms with E-state index in [1.165, 1.54) is 12.1 Å². The molecule has 2 unspecified atom stereocenters. The van der Waals surface area contributed by atoms with Crippen molar-refractivity contribution < 1.29 is 70.8 Å². The third-order valence-electron chi connectivity index (χ3n) is 3.38. The van der Waals surface area contributed by atoms with E-state index in [-0.39, 0.29) is 70.2 Å². The first-order valence-electron chi connectivity index (χ1n) is 6.58. The van der Waals surface area contributed by atoms with Gasteiger partial charge in [0.25, 0.3) is 0 Å². The Morgan fingerprint density at radius 1 is 1.48 bits per heavy atom. The maximum atomic E-state index is 13.1. The molecule has 0 saturated heterocycles. The molecule has 0 amide bonds. The van der Waals surface area contributed by atoms with Crippen LogP contribution in [0.3, 0.4) is 0 Å². The van der Waals surface area contributed by atoms with Gasteiger partial charge in [0.1, 0.15) is 5.82 Å². The van der Waals surface area contributed by atoms with Gasteiger partial charge in [-0.15, -0.1) is 0 Å². The molecule has 0 fully saturated rings. The Labute approximate surface area is 166 Å². The number of nitrogens with zero attached hydrogens (tertiary/aromatic N) is 1. The molecule has 1 aromatic rings. The molecule has 0 radical (unpaired) electrons. The Bertz CT molecular complexity index is 509. The summed E-state index contributed by atoms with van der Waals surface area (Å²) in [7, 11) is 0. The van der Waals surface area contributed by atoms with E-state index in [4.69, 9.17) is 0 Å². The molecule has 1 aliphatic heterocycles. The van der Waals surface area contributed by atoms with Crippen LogP contribution in [-0.2, 0) is 11.2 Å². The summed E-state index contributed by atoms with van der Waals surface area (Å²) < 4.78 is 13.1. The maximum absolute atomic E-state index is 13.1. The van der Waals surface area contributed by atoms with Crippen LogP contribution in [-0.4, -0.2) is 41.2 Å². The molecule has 1 aromatic carbocycles. The zero-order valence-electron chi connectivity index (χ0n) is 12.0. The first-order valence-corrected chi connectivity index (χ1v) is 6.58. The van der Waals surface area contributed by atoms with E-state index >= 15 is 0 Å². The average molecular weight is 317 g/mol. The molecule has 2 rings (SSSR count). The van der Waals surface area contributed by atoms with Crippen LogP contribution in [0.25, 0.3) is 0 Å². The third kappa shape index (κ3) is 5.90. The summed E-state index contributed by atoms with van der Waals surface area (Å²) in [6.45, 7) is 0.693. The molecule has 2 atom stereocenters. The smallest absolute Gasteiger partial charge is 0.548 e. The number of benzene rings is 1. The van der Waals surface area contributed by atoms with E-state index in [1.807, 2.05) is 6.08 Å². The van der Waals surface area contributed by atoms with Gasteiger partial charge in [-0.1, -0.05) is 24.3 Å². The first kappa shape index (κ1) is 19.0. The zero-order valence-corrected chi connectivity index (χ0v) is 15.2. The molecule has 0 bridgehead atoms. The predicted molar refractivity (Wildman–Crippen MR) is 70.2 cm³/mol. The van der Waals surface area contributed by atoms with Gasteiger partial charge in [0.05, 0.1) is 18.1 Å². The topological polar surface area (TPSA) is 63.6 Å². The molecule has 4 nitrogen and oxygen atoms in total. The van der Waals surface area contributed by atoms with Crippen LogP contribution in [0, 0.1) is 5.82 Å². The summed E-state index contributed by atoms with van der Waals surface area (Å²) in [5.74, 6) is -1.48. The molecule has 1 N–H and O–H groups in total. The number of halogens is 1. The molecule has 0 saturated carbocycles. The van der Waals surface area contributed by atoms with E-state index in [2.05, 4.69) is 0 Å². The monoisotopic (exact) mass is 317 g/mol. The quantitative estimate of drug-likeness (QED) is 0.468. The van der Waals surface area contributed by atoms with Crippen molar-refractivity contribution in [3.8, 4) is 0 Å². The number of aliphatic carboxylic acids is 1. The minimum atomic E-state index is -1.13. The standard InChI is InChI=1S/C15H18FNO3.K/c16-12-5-3-4-11(8-12)9-13(18)10-17-7-2-1-6-14(17)15(19)20;/h1-5,8,13-14,18H,6-7,9-10H2,(H,19,20);/q;+1/p-1. The minimum Gasteiger partial charge on any atom is -0.548 e. The number of carboxylic acid groups (broad SMARTS) is 1. The Morgan fingerprint density at radius 3 is 2.90 bits per heavy atom. The van der Waals surface area contributed by atoms with Crippen LogP contribution in [0.15, 0.2) is 36.4 Å². The fraction of sp³-hybridized carbons (Fsp3) is 0.400. The van der Waals surface area contributed by atoms with Gasteiger partial charge >= 0.3 is 51.4 Å². The second-order valence-electron chi connectivity index (χ2n) is 4.98. The average Bonchev–Trinajstić information content (AvgIpc) is 2.38. The van der Waals surface area contributed by atoms with Crippen molar-refractivity contribution in [2.24, 2.45) is 0 Å². The van der Waals surface area contributed by atoms with E-state index in [9.17, 15) is 19.4 Å². The van der Waals surface area contributed by atoms with Gasteiger partial charge in [0.2, 0.25) is 0 Å². The molecular weight excluding hydrogens is 300 g/mol. The van der Waals surface area contributed by atoms with Crippen LogP contribution in [0.4, 0.5) is 4.39 Å². The van der Waals surface area contributed by atoms with Crippen LogP contribution in [0.2, 0.25) is 0 Å². The van der Waals surface area contributed by atoms with E-state index in [0.717, 1.165) is 0 Å². The van der Waals surface area contributed by atoms with Gasteiger partial charge in [0.15, 0.2) is 0 Å². The normalized spacial score (nSPS) is 19.8. The Kier molecular flexibility index (Phi) is 8.26. The Morgan fingerprint density at radius 2 is 2.24 bits per heavy atom. The summed E-state index contributed by atoms with van der Waals surface area (Å²) in [5, 5.41) is 21.1. The fourth-order valence-electron chi connectivity index (χ4n) is 2.43. The number of rotatable bonds is 5. The van der Waals surface area contributed by atoms with Crippen molar-refractivity contribution in [3.63, 3.8) is 0 Å². The van der Waals surface area contributed by atoms with Crippen LogP contribution < -0.4 is 56.5 Å². The Hall–Kier alpha value is -0.0836. The molecule has 1 heterocycles. The largest absolute Gasteiger partial charge is 1.00 e. The van der Waals surface area contributed by atoms with E-state index in [0.29, 0.717) is 18.5 Å². The van der Waals surface area contributed by atoms with Gasteiger partial charge in [-0.2, -0.15) is 0 Å².